The third kappa shape index (κ3) is 3.47. The maximum atomic E-state index is 12.2. The van der Waals surface area contributed by atoms with Gasteiger partial charge in [-0.05, 0) is 24.7 Å². The lowest BCUT2D eigenvalue weighted by atomic mass is 9.81. The molecule has 8 heteroatoms. The monoisotopic (exact) mass is 362 g/mol. The summed E-state index contributed by atoms with van der Waals surface area (Å²) >= 11 is 17.7. The molecule has 1 aliphatic rings. The molecule has 2 rings (SSSR count). The Balaban J connectivity index is 2.23. The topological polar surface area (TPSA) is 80.4 Å². The van der Waals surface area contributed by atoms with Crippen LogP contribution in [-0.4, -0.2) is 16.6 Å². The van der Waals surface area contributed by atoms with Crippen LogP contribution in [0.5, 0.6) is 0 Å². The SMILES string of the molecule is C[C@H]1CCC[C@H](C)C1=NNC(=O)c1nc(Cl)c(Cl)c(N)c1Cl. The molecule has 1 fully saturated rings. The highest BCUT2D eigenvalue weighted by atomic mass is 35.5. The molecular formula is C14H17Cl3N4O. The summed E-state index contributed by atoms with van der Waals surface area (Å²) in [6, 6.07) is 0. The van der Waals surface area contributed by atoms with Gasteiger partial charge in [-0.2, -0.15) is 5.10 Å². The number of nitrogens with zero attached hydrogens (tertiary/aromatic N) is 2. The first kappa shape index (κ1) is 17.3. The Labute approximate surface area is 144 Å². The molecule has 2 atom stereocenters. The Morgan fingerprint density at radius 3 is 2.41 bits per heavy atom. The van der Waals surface area contributed by atoms with Gasteiger partial charge in [0.15, 0.2) is 10.8 Å². The number of nitrogens with two attached hydrogens (primary N) is 1. The summed E-state index contributed by atoms with van der Waals surface area (Å²) < 4.78 is 0. The Hall–Kier alpha value is -1.04. The minimum Gasteiger partial charge on any atom is -0.396 e. The summed E-state index contributed by atoms with van der Waals surface area (Å²) in [6.07, 6.45) is 3.31. The van der Waals surface area contributed by atoms with Crippen molar-refractivity contribution in [3.63, 3.8) is 0 Å². The molecule has 0 spiro atoms. The molecule has 1 heterocycles. The number of halogens is 3. The van der Waals surface area contributed by atoms with Gasteiger partial charge in [0.1, 0.15) is 5.02 Å². The van der Waals surface area contributed by atoms with Crippen LogP contribution < -0.4 is 11.2 Å². The van der Waals surface area contributed by atoms with Gasteiger partial charge in [0, 0.05) is 5.71 Å². The van der Waals surface area contributed by atoms with E-state index in [0.717, 1.165) is 18.6 Å². The normalized spacial score (nSPS) is 21.6. The first-order valence-corrected chi connectivity index (χ1v) is 8.14. The van der Waals surface area contributed by atoms with Crippen LogP contribution in [-0.2, 0) is 0 Å². The van der Waals surface area contributed by atoms with Crippen LogP contribution in [0.3, 0.4) is 0 Å². The average molecular weight is 364 g/mol. The first-order chi connectivity index (χ1) is 10.3. The van der Waals surface area contributed by atoms with E-state index in [9.17, 15) is 4.79 Å². The lowest BCUT2D eigenvalue weighted by molar-refractivity contribution is 0.0949. The first-order valence-electron chi connectivity index (χ1n) is 7.00. The van der Waals surface area contributed by atoms with E-state index in [1.165, 1.54) is 6.42 Å². The number of hydrazone groups is 1. The highest BCUT2D eigenvalue weighted by Crippen LogP contribution is 2.34. The molecule has 22 heavy (non-hydrogen) atoms. The minimum absolute atomic E-state index is 0.0283. The van der Waals surface area contributed by atoms with E-state index in [1.54, 1.807) is 0 Å². The van der Waals surface area contributed by atoms with Crippen LogP contribution in [0, 0.1) is 11.8 Å². The average Bonchev–Trinajstić information content (AvgIpc) is 2.48. The molecule has 1 aromatic heterocycles. The predicted octanol–water partition coefficient (Wildman–Crippen LogP) is 4.17. The number of hydrogen-bond donors (Lipinski definition) is 2. The van der Waals surface area contributed by atoms with E-state index in [-0.39, 0.29) is 26.6 Å². The highest BCUT2D eigenvalue weighted by molar-refractivity contribution is 6.46. The number of nitrogens with one attached hydrogen (secondary N) is 1. The molecule has 0 aliphatic heterocycles. The highest BCUT2D eigenvalue weighted by Gasteiger charge is 2.24. The molecule has 1 saturated carbocycles. The summed E-state index contributed by atoms with van der Waals surface area (Å²) in [5.74, 6) is 0.116. The van der Waals surface area contributed by atoms with Crippen LogP contribution in [0.15, 0.2) is 5.10 Å². The summed E-state index contributed by atoms with van der Waals surface area (Å²) in [4.78, 5) is 16.1. The molecular weight excluding hydrogens is 347 g/mol. The van der Waals surface area contributed by atoms with Gasteiger partial charge in [-0.3, -0.25) is 4.79 Å². The zero-order chi connectivity index (χ0) is 16.4. The number of carbonyl (C=O) groups excluding carboxylic acids is 1. The van der Waals surface area contributed by atoms with Gasteiger partial charge in [0.25, 0.3) is 5.91 Å². The van der Waals surface area contributed by atoms with Crippen LogP contribution in [0.25, 0.3) is 0 Å². The third-order valence-electron chi connectivity index (χ3n) is 3.86. The molecule has 5 nitrogen and oxygen atoms in total. The van der Waals surface area contributed by atoms with Crippen LogP contribution in [0.4, 0.5) is 5.69 Å². The molecule has 0 radical (unpaired) electrons. The summed E-state index contributed by atoms with van der Waals surface area (Å²) in [6.45, 7) is 4.20. The maximum absolute atomic E-state index is 12.2. The van der Waals surface area contributed by atoms with Gasteiger partial charge in [0.2, 0.25) is 0 Å². The molecule has 120 valence electrons. The van der Waals surface area contributed by atoms with Crippen molar-refractivity contribution in [3.05, 3.63) is 20.9 Å². The van der Waals surface area contributed by atoms with E-state index >= 15 is 0 Å². The van der Waals surface area contributed by atoms with E-state index in [1.807, 2.05) is 0 Å². The number of carbonyl (C=O) groups is 1. The van der Waals surface area contributed by atoms with Crippen molar-refractivity contribution in [1.29, 1.82) is 0 Å². The zero-order valence-corrected chi connectivity index (χ0v) is 14.6. The number of amides is 1. The Morgan fingerprint density at radius 1 is 1.23 bits per heavy atom. The van der Waals surface area contributed by atoms with Crippen molar-refractivity contribution in [2.24, 2.45) is 16.9 Å². The molecule has 0 aromatic carbocycles. The standard InChI is InChI=1S/C14H17Cl3N4O/c1-6-4-3-5-7(2)11(6)20-21-14(22)12-8(15)10(18)9(16)13(17)19-12/h6-7H,3-5H2,1-2H3,(H2,18,19)(H,21,22)/t6-,7-/m0/s1. The summed E-state index contributed by atoms with van der Waals surface area (Å²) in [5.41, 5.74) is 9.10. The lowest BCUT2D eigenvalue weighted by Gasteiger charge is -2.26. The van der Waals surface area contributed by atoms with Crippen LogP contribution >= 0.6 is 34.8 Å². The Bertz CT molecular complexity index is 621. The second kappa shape index (κ2) is 7.02. The number of aromatic nitrogens is 1. The number of pyridine rings is 1. The number of anilines is 1. The number of rotatable bonds is 2. The lowest BCUT2D eigenvalue weighted by Crippen LogP contribution is -2.29. The molecule has 0 unspecified atom stereocenters. The number of nitrogen functional groups attached to an aromatic ring is 1. The summed E-state index contributed by atoms with van der Waals surface area (Å²) in [7, 11) is 0. The van der Waals surface area contributed by atoms with Crippen molar-refractivity contribution in [2.75, 3.05) is 5.73 Å². The van der Waals surface area contributed by atoms with Gasteiger partial charge in [-0.1, -0.05) is 55.1 Å². The molecule has 0 bridgehead atoms. The predicted molar refractivity (Wildman–Crippen MR) is 90.8 cm³/mol. The zero-order valence-electron chi connectivity index (χ0n) is 12.3. The van der Waals surface area contributed by atoms with Gasteiger partial charge < -0.3 is 5.73 Å². The fourth-order valence-corrected chi connectivity index (χ4v) is 3.18. The van der Waals surface area contributed by atoms with Gasteiger partial charge >= 0.3 is 0 Å². The smallest absolute Gasteiger partial charge is 0.291 e. The van der Waals surface area contributed by atoms with Crippen molar-refractivity contribution in [1.82, 2.24) is 10.4 Å². The van der Waals surface area contributed by atoms with Crippen molar-refractivity contribution in [2.45, 2.75) is 33.1 Å². The van der Waals surface area contributed by atoms with Crippen LogP contribution in [0.2, 0.25) is 15.2 Å². The van der Waals surface area contributed by atoms with E-state index in [2.05, 4.69) is 29.4 Å². The Kier molecular flexibility index (Phi) is 5.53. The van der Waals surface area contributed by atoms with Crippen molar-refractivity contribution < 1.29 is 4.79 Å². The molecule has 1 aliphatic carbocycles. The minimum atomic E-state index is -0.562. The fourth-order valence-electron chi connectivity index (χ4n) is 2.58. The fraction of sp³-hybridized carbons (Fsp3) is 0.500. The molecule has 1 aromatic rings. The largest absolute Gasteiger partial charge is 0.396 e. The quantitative estimate of drug-likeness (QED) is 0.611. The van der Waals surface area contributed by atoms with Gasteiger partial charge in [0.05, 0.1) is 10.7 Å². The van der Waals surface area contributed by atoms with Gasteiger partial charge in [-0.25, -0.2) is 10.4 Å². The second-order valence-electron chi connectivity index (χ2n) is 5.50. The number of hydrogen-bond acceptors (Lipinski definition) is 4. The molecule has 3 N–H and O–H groups in total. The van der Waals surface area contributed by atoms with E-state index in [4.69, 9.17) is 40.5 Å². The van der Waals surface area contributed by atoms with Crippen molar-refractivity contribution in [3.8, 4) is 0 Å². The van der Waals surface area contributed by atoms with Crippen LogP contribution in [0.1, 0.15) is 43.6 Å². The third-order valence-corrected chi connectivity index (χ3v) is 4.99. The molecule has 0 saturated heterocycles. The summed E-state index contributed by atoms with van der Waals surface area (Å²) in [5, 5.41) is 4.18. The second-order valence-corrected chi connectivity index (χ2v) is 6.62. The Morgan fingerprint density at radius 2 is 1.82 bits per heavy atom. The van der Waals surface area contributed by atoms with Crippen molar-refractivity contribution >= 4 is 52.1 Å². The maximum Gasteiger partial charge on any atom is 0.291 e. The van der Waals surface area contributed by atoms with E-state index < -0.39 is 5.91 Å². The molecule has 1 amide bonds. The van der Waals surface area contributed by atoms with E-state index in [0.29, 0.717) is 11.8 Å². The van der Waals surface area contributed by atoms with Gasteiger partial charge in [-0.15, -0.1) is 0 Å².